The van der Waals surface area contributed by atoms with Gasteiger partial charge in [0.25, 0.3) is 0 Å². The third-order valence-electron chi connectivity index (χ3n) is 3.62. The number of hydrogen-bond acceptors (Lipinski definition) is 3. The lowest BCUT2D eigenvalue weighted by Crippen LogP contribution is -2.35. The second-order valence-corrected chi connectivity index (χ2v) is 5.73. The van der Waals surface area contributed by atoms with E-state index < -0.39 is 0 Å². The summed E-state index contributed by atoms with van der Waals surface area (Å²) in [6.45, 7) is 5.17. The molecule has 3 nitrogen and oxygen atoms in total. The number of nitrogens with zero attached hydrogens (tertiary/aromatic N) is 3. The van der Waals surface area contributed by atoms with Gasteiger partial charge in [0.05, 0.1) is 0 Å². The fourth-order valence-corrected chi connectivity index (χ4v) is 3.11. The van der Waals surface area contributed by atoms with Crippen molar-refractivity contribution in [2.75, 3.05) is 16.8 Å². The van der Waals surface area contributed by atoms with Crippen LogP contribution in [0.15, 0.2) is 6.07 Å². The second-order valence-electron chi connectivity index (χ2n) is 4.94. The van der Waals surface area contributed by atoms with Gasteiger partial charge in [0.15, 0.2) is 0 Å². The topological polar surface area (TPSA) is 29.0 Å². The van der Waals surface area contributed by atoms with Crippen LogP contribution in [0.2, 0.25) is 0 Å². The molecular weight excluding hydrogens is 290 g/mol. The lowest BCUT2D eigenvalue weighted by atomic mass is 10.2. The monoisotopic (exact) mass is 311 g/mol. The van der Waals surface area contributed by atoms with Crippen LogP contribution in [-0.4, -0.2) is 27.9 Å². The lowest BCUT2D eigenvalue weighted by molar-refractivity contribution is 0.613. The fraction of sp³-hybridized carbons (Fsp3) is 0.714. The first-order valence-electron chi connectivity index (χ1n) is 6.91. The molecule has 0 bridgehead atoms. The van der Waals surface area contributed by atoms with Crippen LogP contribution in [0.3, 0.4) is 0 Å². The van der Waals surface area contributed by atoms with Crippen molar-refractivity contribution in [2.45, 2.75) is 52.0 Å². The van der Waals surface area contributed by atoms with Crippen LogP contribution < -0.4 is 4.90 Å². The molecule has 1 heterocycles. The molecule has 1 aromatic rings. The Bertz CT molecular complexity index is 389. The molecule has 0 spiro atoms. The predicted molar refractivity (Wildman–Crippen MR) is 79.5 cm³/mol. The molecule has 0 saturated heterocycles. The summed E-state index contributed by atoms with van der Waals surface area (Å²) < 4.78 is 0. The van der Waals surface area contributed by atoms with Crippen LogP contribution in [0.4, 0.5) is 5.82 Å². The van der Waals surface area contributed by atoms with Crippen LogP contribution in [-0.2, 0) is 6.42 Å². The highest BCUT2D eigenvalue weighted by atomic mass is 79.9. The zero-order valence-electron chi connectivity index (χ0n) is 11.3. The highest BCUT2D eigenvalue weighted by Crippen LogP contribution is 2.27. The molecule has 0 atom stereocenters. The molecule has 0 radical (unpaired) electrons. The van der Waals surface area contributed by atoms with Crippen LogP contribution in [0.25, 0.3) is 0 Å². The Labute approximate surface area is 118 Å². The van der Waals surface area contributed by atoms with E-state index in [0.717, 1.165) is 35.6 Å². The van der Waals surface area contributed by atoms with Crippen molar-refractivity contribution in [3.8, 4) is 0 Å². The minimum Gasteiger partial charge on any atom is -0.353 e. The average Bonchev–Trinajstić information content (AvgIpc) is 2.88. The maximum Gasteiger partial charge on any atom is 0.132 e. The van der Waals surface area contributed by atoms with Gasteiger partial charge < -0.3 is 4.90 Å². The Morgan fingerprint density at radius 1 is 1.33 bits per heavy atom. The van der Waals surface area contributed by atoms with Crippen LogP contribution in [0, 0.1) is 6.92 Å². The minimum absolute atomic E-state index is 0.668. The molecule has 1 aliphatic carbocycles. The van der Waals surface area contributed by atoms with Gasteiger partial charge in [0.2, 0.25) is 0 Å². The van der Waals surface area contributed by atoms with Gasteiger partial charge in [-0.05, 0) is 26.2 Å². The highest BCUT2D eigenvalue weighted by molar-refractivity contribution is 9.09. The SMILES string of the molecule is CCc1cc(N(CCBr)C2CCCC2)nc(C)n1. The second kappa shape index (κ2) is 6.50. The number of hydrogen-bond donors (Lipinski definition) is 0. The summed E-state index contributed by atoms with van der Waals surface area (Å²) >= 11 is 3.56. The van der Waals surface area contributed by atoms with Gasteiger partial charge >= 0.3 is 0 Å². The van der Waals surface area contributed by atoms with Gasteiger partial charge in [0, 0.05) is 29.7 Å². The van der Waals surface area contributed by atoms with Crippen molar-refractivity contribution < 1.29 is 0 Å². The van der Waals surface area contributed by atoms with E-state index in [1.165, 1.54) is 25.7 Å². The Morgan fingerprint density at radius 3 is 2.67 bits per heavy atom. The minimum atomic E-state index is 0.668. The number of anilines is 1. The largest absolute Gasteiger partial charge is 0.353 e. The Morgan fingerprint density at radius 2 is 2.06 bits per heavy atom. The van der Waals surface area contributed by atoms with E-state index >= 15 is 0 Å². The maximum absolute atomic E-state index is 4.64. The van der Waals surface area contributed by atoms with Gasteiger partial charge in [-0.2, -0.15) is 0 Å². The summed E-state index contributed by atoms with van der Waals surface area (Å²) in [6.07, 6.45) is 6.29. The van der Waals surface area contributed by atoms with E-state index in [1.54, 1.807) is 0 Å². The molecule has 2 rings (SSSR count). The molecule has 1 fully saturated rings. The molecule has 1 saturated carbocycles. The summed E-state index contributed by atoms with van der Waals surface area (Å²) in [7, 11) is 0. The van der Waals surface area contributed by atoms with Gasteiger partial charge in [-0.25, -0.2) is 9.97 Å². The summed E-state index contributed by atoms with van der Waals surface area (Å²) in [5.74, 6) is 2.01. The average molecular weight is 312 g/mol. The first kappa shape index (κ1) is 13.8. The van der Waals surface area contributed by atoms with Gasteiger partial charge in [-0.15, -0.1) is 0 Å². The van der Waals surface area contributed by atoms with E-state index in [0.29, 0.717) is 6.04 Å². The van der Waals surface area contributed by atoms with Crippen molar-refractivity contribution in [1.82, 2.24) is 9.97 Å². The van der Waals surface area contributed by atoms with E-state index in [2.05, 4.69) is 43.8 Å². The standard InChI is InChI=1S/C14H22BrN3/c1-3-12-10-14(17-11(2)16-12)18(9-8-15)13-6-4-5-7-13/h10,13H,3-9H2,1-2H3. The van der Waals surface area contributed by atoms with Crippen molar-refractivity contribution in [2.24, 2.45) is 0 Å². The summed E-state index contributed by atoms with van der Waals surface area (Å²) in [5.41, 5.74) is 1.15. The molecule has 100 valence electrons. The molecule has 4 heteroatoms. The lowest BCUT2D eigenvalue weighted by Gasteiger charge is -2.29. The summed E-state index contributed by atoms with van der Waals surface area (Å²) in [6, 6.07) is 2.83. The first-order chi connectivity index (χ1) is 8.74. The third-order valence-corrected chi connectivity index (χ3v) is 3.98. The number of rotatable bonds is 5. The normalized spacial score (nSPS) is 16.2. The van der Waals surface area contributed by atoms with Crippen LogP contribution in [0.1, 0.15) is 44.1 Å². The van der Waals surface area contributed by atoms with E-state index in [4.69, 9.17) is 0 Å². The molecule has 0 amide bonds. The number of aromatic nitrogens is 2. The fourth-order valence-electron chi connectivity index (χ4n) is 2.73. The first-order valence-corrected chi connectivity index (χ1v) is 8.04. The van der Waals surface area contributed by atoms with Gasteiger partial charge in [0.1, 0.15) is 11.6 Å². The molecule has 0 unspecified atom stereocenters. The van der Waals surface area contributed by atoms with Crippen molar-refractivity contribution >= 4 is 21.7 Å². The molecule has 1 aromatic heterocycles. The third kappa shape index (κ3) is 3.22. The maximum atomic E-state index is 4.64. The quantitative estimate of drug-likeness (QED) is 0.779. The van der Waals surface area contributed by atoms with Crippen molar-refractivity contribution in [3.63, 3.8) is 0 Å². The molecule has 0 N–H and O–H groups in total. The zero-order valence-corrected chi connectivity index (χ0v) is 12.9. The van der Waals surface area contributed by atoms with Gasteiger partial charge in [-0.1, -0.05) is 35.7 Å². The highest BCUT2D eigenvalue weighted by Gasteiger charge is 2.23. The number of alkyl halides is 1. The smallest absolute Gasteiger partial charge is 0.132 e. The number of aryl methyl sites for hydroxylation is 2. The van der Waals surface area contributed by atoms with Crippen LogP contribution in [0.5, 0.6) is 0 Å². The van der Waals surface area contributed by atoms with E-state index in [-0.39, 0.29) is 0 Å². The Kier molecular flexibility index (Phi) is 4.98. The molecule has 18 heavy (non-hydrogen) atoms. The van der Waals surface area contributed by atoms with E-state index in [1.807, 2.05) is 6.92 Å². The predicted octanol–water partition coefficient (Wildman–Crippen LogP) is 3.49. The Hall–Kier alpha value is -0.640. The summed E-state index contributed by atoms with van der Waals surface area (Å²) in [4.78, 5) is 11.6. The van der Waals surface area contributed by atoms with Crippen LogP contribution >= 0.6 is 15.9 Å². The molecular formula is C14H22BrN3. The van der Waals surface area contributed by atoms with E-state index in [9.17, 15) is 0 Å². The number of halogens is 1. The summed E-state index contributed by atoms with van der Waals surface area (Å²) in [5, 5.41) is 0.994. The molecule has 0 aliphatic heterocycles. The molecule has 0 aromatic carbocycles. The van der Waals surface area contributed by atoms with Crippen molar-refractivity contribution in [1.29, 1.82) is 0 Å². The molecule has 1 aliphatic rings. The zero-order chi connectivity index (χ0) is 13.0. The van der Waals surface area contributed by atoms with Crippen molar-refractivity contribution in [3.05, 3.63) is 17.6 Å². The van der Waals surface area contributed by atoms with Gasteiger partial charge in [-0.3, -0.25) is 0 Å². The Balaban J connectivity index is 2.25.